The summed E-state index contributed by atoms with van der Waals surface area (Å²) in [6.45, 7) is 7.39. The average molecular weight is 461 g/mol. The molecular weight excluding hydrogens is 435 g/mol. The van der Waals surface area contributed by atoms with Crippen LogP contribution in [0, 0.1) is 0 Å². The first-order valence-electron chi connectivity index (χ1n) is 11.7. The van der Waals surface area contributed by atoms with Crippen LogP contribution < -0.4 is 5.46 Å². The minimum Gasteiger partial charge on any atom is -0.427 e. The molecule has 0 saturated heterocycles. The number of hydrogen-bond acceptors (Lipinski definition) is 3. The lowest BCUT2D eigenvalue weighted by Crippen LogP contribution is -2.49. The van der Waals surface area contributed by atoms with Crippen LogP contribution in [0.1, 0.15) is 27.7 Å². The van der Waals surface area contributed by atoms with Gasteiger partial charge in [0.05, 0.1) is 11.2 Å². The lowest BCUT2D eigenvalue weighted by molar-refractivity contribution is -0.0893. The van der Waals surface area contributed by atoms with Crippen LogP contribution in [-0.4, -0.2) is 23.8 Å². The van der Waals surface area contributed by atoms with Crippen LogP contribution in [0.3, 0.4) is 0 Å². The van der Waals surface area contributed by atoms with Crippen LogP contribution in [0.2, 0.25) is 0 Å². The highest BCUT2D eigenvalue weighted by atomic mass is 32.1. The van der Waals surface area contributed by atoms with E-state index in [4.69, 9.17) is 4.65 Å². The number of hydrogen-bond donors (Lipinski definition) is 1. The molecule has 0 atom stereocenters. The highest BCUT2D eigenvalue weighted by Crippen LogP contribution is 2.43. The van der Waals surface area contributed by atoms with Crippen molar-refractivity contribution in [3.05, 3.63) is 78.9 Å². The lowest BCUT2D eigenvalue weighted by Gasteiger charge is -2.37. The molecule has 5 aromatic carbocycles. The molecule has 1 heterocycles. The highest BCUT2D eigenvalue weighted by molar-refractivity contribution is 7.27. The van der Waals surface area contributed by atoms with E-state index in [2.05, 4.69) is 78.9 Å². The summed E-state index contributed by atoms with van der Waals surface area (Å²) in [5, 5.41) is 20.6. The van der Waals surface area contributed by atoms with Crippen LogP contribution in [0.25, 0.3) is 52.5 Å². The molecule has 6 rings (SSSR count). The predicted molar refractivity (Wildman–Crippen MR) is 149 cm³/mol. The van der Waals surface area contributed by atoms with Gasteiger partial charge >= 0.3 is 7.48 Å². The van der Waals surface area contributed by atoms with Gasteiger partial charge in [-0.25, -0.2) is 0 Å². The number of benzene rings is 5. The van der Waals surface area contributed by atoms with Crippen LogP contribution in [0.4, 0.5) is 0 Å². The summed E-state index contributed by atoms with van der Waals surface area (Å²) < 4.78 is 8.80. The van der Waals surface area contributed by atoms with Gasteiger partial charge in [0.15, 0.2) is 0 Å². The molecule has 0 spiro atoms. The minimum absolute atomic E-state index is 0.725. The fourth-order valence-corrected chi connectivity index (χ4v) is 5.92. The van der Waals surface area contributed by atoms with E-state index >= 15 is 0 Å². The Morgan fingerprint density at radius 2 is 1.38 bits per heavy atom. The van der Waals surface area contributed by atoms with Crippen LogP contribution in [0.5, 0.6) is 0 Å². The van der Waals surface area contributed by atoms with Gasteiger partial charge in [0.25, 0.3) is 0 Å². The van der Waals surface area contributed by atoms with Gasteiger partial charge in [-0.3, -0.25) is 0 Å². The molecule has 34 heavy (non-hydrogen) atoms. The van der Waals surface area contributed by atoms with E-state index in [-0.39, 0.29) is 0 Å². The normalized spacial score (nSPS) is 13.0. The van der Waals surface area contributed by atoms with Gasteiger partial charge in [0.2, 0.25) is 0 Å². The zero-order valence-corrected chi connectivity index (χ0v) is 20.7. The van der Waals surface area contributed by atoms with E-state index in [0.717, 1.165) is 10.8 Å². The Hall–Kier alpha value is -2.92. The van der Waals surface area contributed by atoms with Gasteiger partial charge in [0, 0.05) is 20.2 Å². The molecule has 0 aliphatic rings. The molecule has 0 aliphatic heterocycles. The summed E-state index contributed by atoms with van der Waals surface area (Å²) >= 11 is 1.87. The standard InChI is InChI=1S/C30H26BO2S/c1-29(2,32)30(3,4)33-31-24-17-19-14-16-25-27(26(19)22-12-8-7-11-21(22)24)23-15-13-18-9-5-6-10-20(18)28(23)34-25/h5-17,32H,1-4H3. The van der Waals surface area contributed by atoms with E-state index < -0.39 is 11.2 Å². The summed E-state index contributed by atoms with van der Waals surface area (Å²) in [5.74, 6) is 0. The van der Waals surface area contributed by atoms with Crippen LogP contribution in [0.15, 0.2) is 78.9 Å². The van der Waals surface area contributed by atoms with Crippen molar-refractivity contribution in [2.24, 2.45) is 0 Å². The van der Waals surface area contributed by atoms with E-state index in [1.807, 2.05) is 32.7 Å². The highest BCUT2D eigenvalue weighted by Gasteiger charge is 2.36. The van der Waals surface area contributed by atoms with Crippen molar-refractivity contribution in [3.8, 4) is 0 Å². The Bertz CT molecular complexity index is 1720. The van der Waals surface area contributed by atoms with Gasteiger partial charge in [-0.1, -0.05) is 72.8 Å². The fourth-order valence-electron chi connectivity index (χ4n) is 4.67. The maximum Gasteiger partial charge on any atom is 0.331 e. The number of aliphatic hydroxyl groups is 1. The summed E-state index contributed by atoms with van der Waals surface area (Å²) in [4.78, 5) is 0. The second-order valence-corrected chi connectivity index (χ2v) is 11.2. The molecular formula is C30H26BO2S. The third-order valence-corrected chi connectivity index (χ3v) is 8.54. The first-order valence-corrected chi connectivity index (χ1v) is 12.5. The van der Waals surface area contributed by atoms with E-state index in [1.54, 1.807) is 13.8 Å². The zero-order chi connectivity index (χ0) is 23.7. The second-order valence-electron chi connectivity index (χ2n) is 10.1. The Balaban J connectivity index is 1.63. The lowest BCUT2D eigenvalue weighted by atomic mass is 9.78. The molecule has 167 valence electrons. The molecule has 0 amide bonds. The number of thiophene rings is 1. The van der Waals surface area contributed by atoms with Crippen molar-refractivity contribution in [3.63, 3.8) is 0 Å². The third-order valence-electron chi connectivity index (χ3n) is 7.33. The van der Waals surface area contributed by atoms with Crippen molar-refractivity contribution >= 4 is 76.8 Å². The third kappa shape index (κ3) is 3.24. The predicted octanol–water partition coefficient (Wildman–Crippen LogP) is 7.32. The van der Waals surface area contributed by atoms with Crippen molar-refractivity contribution < 1.29 is 9.76 Å². The summed E-state index contributed by atoms with van der Waals surface area (Å²) in [6.07, 6.45) is 0. The van der Waals surface area contributed by atoms with Gasteiger partial charge in [-0.05, 0) is 71.5 Å². The summed E-state index contributed by atoms with van der Waals surface area (Å²) in [5.41, 5.74) is -0.678. The molecule has 0 bridgehead atoms. The summed E-state index contributed by atoms with van der Waals surface area (Å²) in [7, 11) is 1.81. The summed E-state index contributed by atoms with van der Waals surface area (Å²) in [6, 6.07) is 28.4. The molecule has 1 N–H and O–H groups in total. The molecule has 0 unspecified atom stereocenters. The first kappa shape index (κ1) is 21.6. The van der Waals surface area contributed by atoms with Crippen molar-refractivity contribution in [1.29, 1.82) is 0 Å². The molecule has 2 nitrogen and oxygen atoms in total. The van der Waals surface area contributed by atoms with E-state index in [9.17, 15) is 5.11 Å². The Kier molecular flexibility index (Phi) is 4.79. The van der Waals surface area contributed by atoms with Gasteiger partial charge < -0.3 is 9.76 Å². The minimum atomic E-state index is -0.972. The average Bonchev–Trinajstić information content (AvgIpc) is 3.21. The van der Waals surface area contributed by atoms with Gasteiger partial charge in [0.1, 0.15) is 0 Å². The van der Waals surface area contributed by atoms with Crippen LogP contribution in [-0.2, 0) is 4.65 Å². The second kappa shape index (κ2) is 7.54. The molecule has 0 aliphatic carbocycles. The molecule has 0 saturated carbocycles. The molecule has 1 radical (unpaired) electrons. The number of rotatable bonds is 4. The topological polar surface area (TPSA) is 29.5 Å². The largest absolute Gasteiger partial charge is 0.427 e. The molecule has 6 aromatic rings. The van der Waals surface area contributed by atoms with E-state index in [1.165, 1.54) is 47.1 Å². The SMILES string of the molecule is CC(C)(O)C(C)(C)O[B]c1cc2ccc3sc4c5ccccc5ccc4c3c2c2ccccc12. The molecule has 4 heteroatoms. The van der Waals surface area contributed by atoms with E-state index in [0.29, 0.717) is 0 Å². The molecule has 1 aromatic heterocycles. The quantitative estimate of drug-likeness (QED) is 0.220. The maximum atomic E-state index is 10.5. The van der Waals surface area contributed by atoms with Crippen molar-refractivity contribution in [2.75, 3.05) is 0 Å². The number of fused-ring (bicyclic) bond motifs is 9. The smallest absolute Gasteiger partial charge is 0.331 e. The van der Waals surface area contributed by atoms with Gasteiger partial charge in [-0.2, -0.15) is 0 Å². The Labute approximate surface area is 204 Å². The van der Waals surface area contributed by atoms with Crippen LogP contribution >= 0.6 is 11.3 Å². The monoisotopic (exact) mass is 461 g/mol. The fraction of sp³-hybridized carbons (Fsp3) is 0.200. The van der Waals surface area contributed by atoms with Crippen molar-refractivity contribution in [2.45, 2.75) is 38.9 Å². The Morgan fingerprint density at radius 3 is 2.15 bits per heavy atom. The maximum absolute atomic E-state index is 10.5. The first-order chi connectivity index (χ1) is 16.2. The van der Waals surface area contributed by atoms with Crippen molar-refractivity contribution in [1.82, 2.24) is 0 Å². The zero-order valence-electron chi connectivity index (χ0n) is 19.8. The Morgan fingerprint density at radius 1 is 0.706 bits per heavy atom. The van der Waals surface area contributed by atoms with Gasteiger partial charge in [-0.15, -0.1) is 11.3 Å². The molecule has 0 fully saturated rings.